The van der Waals surface area contributed by atoms with Gasteiger partial charge in [0, 0.05) is 17.6 Å². The van der Waals surface area contributed by atoms with Crippen molar-refractivity contribution in [3.8, 4) is 0 Å². The van der Waals surface area contributed by atoms with Gasteiger partial charge in [0.25, 0.3) is 16.0 Å². The third-order valence-corrected chi connectivity index (χ3v) is 6.44. The van der Waals surface area contributed by atoms with Gasteiger partial charge in [0.05, 0.1) is 29.7 Å². The van der Waals surface area contributed by atoms with Crippen LogP contribution in [0.25, 0.3) is 10.4 Å². The average molecular weight is 477 g/mol. The van der Waals surface area contributed by atoms with Gasteiger partial charge in [0.15, 0.2) is 6.29 Å². The lowest BCUT2D eigenvalue weighted by Crippen LogP contribution is -2.64. The van der Waals surface area contributed by atoms with Gasteiger partial charge in [-0.25, -0.2) is 0 Å². The van der Waals surface area contributed by atoms with Crippen LogP contribution in [0.3, 0.4) is 0 Å². The zero-order valence-corrected chi connectivity index (χ0v) is 18.8. The number of aliphatic hydroxyl groups excluding tert-OH is 1. The summed E-state index contributed by atoms with van der Waals surface area (Å²) in [6, 6.07) is 12.1. The molecular weight excluding hydrogens is 452 g/mol. The standard InChI is InChI=1S/C21H24N4O7S/c1-13-8-10-15(11-9-13)33(28,29)31-12-16-19(26)17(24-25-22)18(21(30-2)32-16)23-20(27)14-6-4-3-5-7-14/h3-11,16-19,21,26H,12H2,1-2H3,(H,23,27)/t16-,17+,18+,19+,21-/m1/s1. The van der Waals surface area contributed by atoms with Crippen LogP contribution in [0.4, 0.5) is 0 Å². The minimum atomic E-state index is -4.13. The number of benzene rings is 2. The fourth-order valence-electron chi connectivity index (χ4n) is 3.38. The maximum absolute atomic E-state index is 12.6. The van der Waals surface area contributed by atoms with E-state index in [4.69, 9.17) is 19.2 Å². The molecule has 2 N–H and O–H groups in total. The van der Waals surface area contributed by atoms with Gasteiger partial charge in [-0.05, 0) is 36.7 Å². The molecular formula is C21H24N4O7S. The van der Waals surface area contributed by atoms with Crippen molar-refractivity contribution in [3.05, 3.63) is 76.2 Å². The van der Waals surface area contributed by atoms with E-state index < -0.39 is 53.2 Å². The van der Waals surface area contributed by atoms with Crippen molar-refractivity contribution in [2.45, 2.75) is 42.4 Å². The smallest absolute Gasteiger partial charge is 0.297 e. The Hall–Kier alpha value is -2.99. The zero-order valence-electron chi connectivity index (χ0n) is 17.9. The molecule has 0 aromatic heterocycles. The molecule has 1 saturated heterocycles. The van der Waals surface area contributed by atoms with Gasteiger partial charge in [-0.1, -0.05) is 41.0 Å². The summed E-state index contributed by atoms with van der Waals surface area (Å²) in [5.74, 6) is -0.492. The molecule has 0 bridgehead atoms. The summed E-state index contributed by atoms with van der Waals surface area (Å²) in [4.78, 5) is 15.3. The molecule has 2 aromatic rings. The Kier molecular flexibility index (Phi) is 8.03. The maximum atomic E-state index is 12.6. The van der Waals surface area contributed by atoms with Gasteiger partial charge in [-0.3, -0.25) is 8.98 Å². The summed E-state index contributed by atoms with van der Waals surface area (Å²) in [6.45, 7) is 1.26. The van der Waals surface area contributed by atoms with Gasteiger partial charge in [-0.2, -0.15) is 8.42 Å². The number of carbonyl (C=O) groups excluding carboxylic acids is 1. The van der Waals surface area contributed by atoms with Crippen molar-refractivity contribution in [3.63, 3.8) is 0 Å². The maximum Gasteiger partial charge on any atom is 0.297 e. The average Bonchev–Trinajstić information content (AvgIpc) is 2.81. The van der Waals surface area contributed by atoms with Crippen LogP contribution in [0.15, 0.2) is 64.6 Å². The van der Waals surface area contributed by atoms with Crippen LogP contribution in [0.2, 0.25) is 0 Å². The molecule has 0 saturated carbocycles. The van der Waals surface area contributed by atoms with Gasteiger partial charge in [0.2, 0.25) is 0 Å². The first-order valence-corrected chi connectivity index (χ1v) is 11.4. The highest BCUT2D eigenvalue weighted by Gasteiger charge is 2.46. The summed E-state index contributed by atoms with van der Waals surface area (Å²) >= 11 is 0. The number of methoxy groups -OCH3 is 1. The number of hydrogen-bond acceptors (Lipinski definition) is 8. The molecule has 1 fully saturated rings. The van der Waals surface area contributed by atoms with Crippen molar-refractivity contribution >= 4 is 16.0 Å². The van der Waals surface area contributed by atoms with Crippen LogP contribution in [0.1, 0.15) is 15.9 Å². The van der Waals surface area contributed by atoms with Crippen molar-refractivity contribution < 1.29 is 32.0 Å². The van der Waals surface area contributed by atoms with Crippen LogP contribution in [-0.4, -0.2) is 63.7 Å². The van der Waals surface area contributed by atoms with Gasteiger partial charge in [0.1, 0.15) is 6.10 Å². The Labute approximate surface area is 191 Å². The highest BCUT2D eigenvalue weighted by Crippen LogP contribution is 2.26. The van der Waals surface area contributed by atoms with E-state index >= 15 is 0 Å². The molecule has 0 aliphatic carbocycles. The van der Waals surface area contributed by atoms with Crippen LogP contribution < -0.4 is 5.32 Å². The molecule has 0 radical (unpaired) electrons. The summed E-state index contributed by atoms with van der Waals surface area (Å²) in [6.07, 6.45) is -3.84. The lowest BCUT2D eigenvalue weighted by atomic mass is 9.94. The molecule has 11 nitrogen and oxygen atoms in total. The Morgan fingerprint density at radius 1 is 1.21 bits per heavy atom. The number of nitrogens with one attached hydrogen (secondary N) is 1. The Morgan fingerprint density at radius 2 is 1.88 bits per heavy atom. The topological polar surface area (TPSA) is 160 Å². The summed E-state index contributed by atoms with van der Waals surface area (Å²) in [5, 5.41) is 17.0. The van der Waals surface area contributed by atoms with Gasteiger partial charge >= 0.3 is 0 Å². The van der Waals surface area contributed by atoms with Crippen molar-refractivity contribution in [2.24, 2.45) is 5.11 Å². The van der Waals surface area contributed by atoms with Crippen LogP contribution in [0.5, 0.6) is 0 Å². The number of aliphatic hydroxyl groups is 1. The number of azide groups is 1. The Bertz CT molecular complexity index is 1110. The summed E-state index contributed by atoms with van der Waals surface area (Å²) < 4.78 is 41.0. The fraction of sp³-hybridized carbons (Fsp3) is 0.381. The molecule has 1 aliphatic rings. The second-order valence-corrected chi connectivity index (χ2v) is 9.00. The minimum Gasteiger partial charge on any atom is -0.390 e. The minimum absolute atomic E-state index is 0.0544. The molecule has 1 amide bonds. The van der Waals surface area contributed by atoms with E-state index in [2.05, 4.69) is 15.3 Å². The second kappa shape index (κ2) is 10.8. The van der Waals surface area contributed by atoms with Gasteiger partial charge < -0.3 is 19.9 Å². The molecule has 3 rings (SSSR count). The second-order valence-electron chi connectivity index (χ2n) is 7.38. The number of hydrogen-bond donors (Lipinski definition) is 2. The first-order chi connectivity index (χ1) is 15.8. The zero-order chi connectivity index (χ0) is 24.0. The van der Waals surface area contributed by atoms with E-state index in [-0.39, 0.29) is 4.90 Å². The number of aryl methyl sites for hydroxylation is 1. The Balaban J connectivity index is 1.76. The molecule has 1 heterocycles. The normalized spacial score (nSPS) is 25.1. The van der Waals surface area contributed by atoms with Crippen LogP contribution >= 0.6 is 0 Å². The third kappa shape index (κ3) is 5.88. The highest BCUT2D eigenvalue weighted by molar-refractivity contribution is 7.86. The fourth-order valence-corrected chi connectivity index (χ4v) is 4.30. The van der Waals surface area contributed by atoms with Crippen LogP contribution in [0, 0.1) is 6.92 Å². The first kappa shape index (κ1) is 24.6. The number of amides is 1. The number of carbonyl (C=O) groups is 1. The predicted octanol–water partition coefficient (Wildman–Crippen LogP) is 1.91. The van der Waals surface area contributed by atoms with Crippen molar-refractivity contribution in [2.75, 3.05) is 13.7 Å². The lowest BCUT2D eigenvalue weighted by Gasteiger charge is -2.42. The molecule has 33 heavy (non-hydrogen) atoms. The number of rotatable bonds is 8. The molecule has 176 valence electrons. The van der Waals surface area contributed by atoms with E-state index in [0.29, 0.717) is 5.56 Å². The predicted molar refractivity (Wildman–Crippen MR) is 117 cm³/mol. The number of ether oxygens (including phenoxy) is 2. The number of nitrogens with zero attached hydrogens (tertiary/aromatic N) is 3. The van der Waals surface area contributed by atoms with E-state index in [1.165, 1.54) is 19.2 Å². The summed E-state index contributed by atoms with van der Waals surface area (Å²) in [5.41, 5.74) is 10.2. The van der Waals surface area contributed by atoms with E-state index in [1.807, 2.05) is 6.92 Å². The van der Waals surface area contributed by atoms with Crippen molar-refractivity contribution in [1.82, 2.24) is 5.32 Å². The van der Waals surface area contributed by atoms with Crippen molar-refractivity contribution in [1.29, 1.82) is 0 Å². The molecule has 5 atom stereocenters. The van der Waals surface area contributed by atoms with E-state index in [1.54, 1.807) is 42.5 Å². The van der Waals surface area contributed by atoms with Crippen LogP contribution in [-0.2, 0) is 23.8 Å². The largest absolute Gasteiger partial charge is 0.390 e. The third-order valence-electron chi connectivity index (χ3n) is 5.15. The highest BCUT2D eigenvalue weighted by atomic mass is 32.2. The van der Waals surface area contributed by atoms with Gasteiger partial charge in [-0.15, -0.1) is 0 Å². The molecule has 1 aliphatic heterocycles. The lowest BCUT2D eigenvalue weighted by molar-refractivity contribution is -0.234. The SMILES string of the molecule is CO[C@@H]1O[C@H](COS(=O)(=O)c2ccc(C)cc2)[C@H](O)[C@@H](N=[N+]=[N-])[C@@H]1NC(=O)c1ccccc1. The molecule has 0 spiro atoms. The Morgan fingerprint density at radius 3 is 2.48 bits per heavy atom. The molecule has 0 unspecified atom stereocenters. The first-order valence-electron chi connectivity index (χ1n) is 9.99. The summed E-state index contributed by atoms with van der Waals surface area (Å²) in [7, 11) is -2.82. The van der Waals surface area contributed by atoms with E-state index in [0.717, 1.165) is 5.56 Å². The monoisotopic (exact) mass is 476 g/mol. The van der Waals surface area contributed by atoms with E-state index in [9.17, 15) is 18.3 Å². The quantitative estimate of drug-likeness (QED) is 0.255. The molecule has 12 heteroatoms. The molecule has 2 aromatic carbocycles.